The summed E-state index contributed by atoms with van der Waals surface area (Å²) < 4.78 is 11.8. The van der Waals surface area contributed by atoms with Crippen LogP contribution in [-0.4, -0.2) is 41.2 Å². The molecule has 1 rings (SSSR count). The van der Waals surface area contributed by atoms with Crippen LogP contribution < -0.4 is 0 Å². The summed E-state index contributed by atoms with van der Waals surface area (Å²) in [7, 11) is -0.273. The fourth-order valence-electron chi connectivity index (χ4n) is 2.03. The van der Waals surface area contributed by atoms with Gasteiger partial charge < -0.3 is 19.5 Å². The topological polar surface area (TPSA) is 58.9 Å². The van der Waals surface area contributed by atoms with Crippen LogP contribution in [0.4, 0.5) is 0 Å². The Labute approximate surface area is 122 Å². The third kappa shape index (κ3) is 4.19. The van der Waals surface area contributed by atoms with Gasteiger partial charge in [0, 0.05) is 6.32 Å². The number of hydrogen-bond donors (Lipinski definition) is 2. The minimum absolute atomic E-state index is 0.271. The van der Waals surface area contributed by atoms with Crippen LogP contribution >= 0.6 is 0 Å². The molecule has 0 aromatic heterocycles. The Bertz CT molecular complexity index is 358. The monoisotopic (exact) mass is 282 g/mol. The third-order valence-corrected chi connectivity index (χ3v) is 3.94. The van der Waals surface area contributed by atoms with E-state index in [1.54, 1.807) is 0 Å². The summed E-state index contributed by atoms with van der Waals surface area (Å²) in [6.07, 6.45) is 6.25. The van der Waals surface area contributed by atoms with Gasteiger partial charge >= 0.3 is 7.12 Å². The van der Waals surface area contributed by atoms with Crippen molar-refractivity contribution >= 4 is 7.12 Å². The zero-order chi connectivity index (χ0) is 15.4. The number of rotatable bonds is 6. The maximum Gasteiger partial charge on any atom is 0.461 e. The summed E-state index contributed by atoms with van der Waals surface area (Å²) >= 11 is 0. The average Bonchev–Trinajstić information content (AvgIpc) is 2.55. The largest absolute Gasteiger partial charge is 0.461 e. The summed E-state index contributed by atoms with van der Waals surface area (Å²) in [4.78, 5) is 0. The lowest BCUT2D eigenvalue weighted by molar-refractivity contribution is 0.00578. The molecular formula is C15H27BO4. The van der Waals surface area contributed by atoms with E-state index in [4.69, 9.17) is 14.4 Å². The zero-order valence-corrected chi connectivity index (χ0v) is 13.2. The summed E-state index contributed by atoms with van der Waals surface area (Å²) in [5.74, 6) is 0. The van der Waals surface area contributed by atoms with Crippen molar-refractivity contribution in [1.29, 1.82) is 0 Å². The van der Waals surface area contributed by atoms with E-state index in [-0.39, 0.29) is 24.9 Å². The molecule has 114 valence electrons. The first kappa shape index (κ1) is 17.4. The van der Waals surface area contributed by atoms with E-state index < -0.39 is 6.10 Å². The molecule has 1 fully saturated rings. The first-order chi connectivity index (χ1) is 9.23. The highest BCUT2D eigenvalue weighted by Gasteiger charge is 2.50. The molecule has 0 spiro atoms. The Balaban J connectivity index is 2.59. The standard InChI is InChI=1S/C15H27BO4/c1-6-8-12(13(18)11-17)9-7-10-16-19-14(2,3)15(4,5)20-16/h7-9,13,17-18H,6,10-11H2,1-5H3/b9-7-,12-8+. The maximum atomic E-state index is 9.67. The molecule has 0 amide bonds. The molecule has 5 heteroatoms. The van der Waals surface area contributed by atoms with E-state index in [0.29, 0.717) is 6.32 Å². The summed E-state index contributed by atoms with van der Waals surface area (Å²) in [6.45, 7) is 9.81. The van der Waals surface area contributed by atoms with Crippen molar-refractivity contribution in [3.05, 3.63) is 23.8 Å². The molecule has 2 N–H and O–H groups in total. The van der Waals surface area contributed by atoms with Crippen molar-refractivity contribution in [1.82, 2.24) is 0 Å². The maximum absolute atomic E-state index is 9.67. The van der Waals surface area contributed by atoms with Crippen LogP contribution in [0, 0.1) is 0 Å². The molecule has 1 unspecified atom stereocenters. The van der Waals surface area contributed by atoms with Gasteiger partial charge in [0.25, 0.3) is 0 Å². The fourth-order valence-corrected chi connectivity index (χ4v) is 2.03. The third-order valence-electron chi connectivity index (χ3n) is 3.94. The molecule has 0 radical (unpaired) electrons. The molecule has 0 aromatic carbocycles. The summed E-state index contributed by atoms with van der Waals surface area (Å²) in [6, 6.07) is 0. The van der Waals surface area contributed by atoms with Crippen LogP contribution in [0.25, 0.3) is 0 Å². The Morgan fingerprint density at radius 1 is 1.20 bits per heavy atom. The SMILES string of the molecule is CC/C=C(\C=C/CB1OC(C)(C)C(C)(C)O1)C(O)CO. The van der Waals surface area contributed by atoms with E-state index in [1.165, 1.54) is 0 Å². The first-order valence-electron chi connectivity index (χ1n) is 7.24. The lowest BCUT2D eigenvalue weighted by atomic mass is 9.84. The van der Waals surface area contributed by atoms with Crippen LogP contribution in [0.2, 0.25) is 6.32 Å². The van der Waals surface area contributed by atoms with Gasteiger partial charge in [0.1, 0.15) is 6.10 Å². The lowest BCUT2D eigenvalue weighted by Gasteiger charge is -2.32. The number of hydrogen-bond acceptors (Lipinski definition) is 4. The van der Waals surface area contributed by atoms with E-state index in [1.807, 2.05) is 52.8 Å². The smallest absolute Gasteiger partial charge is 0.403 e. The Morgan fingerprint density at radius 2 is 1.75 bits per heavy atom. The minimum Gasteiger partial charge on any atom is -0.403 e. The number of allylic oxidation sites excluding steroid dienone is 2. The lowest BCUT2D eigenvalue weighted by Crippen LogP contribution is -2.41. The second-order valence-electron chi connectivity index (χ2n) is 6.13. The van der Waals surface area contributed by atoms with Gasteiger partial charge in [0.05, 0.1) is 17.8 Å². The van der Waals surface area contributed by atoms with E-state index in [0.717, 1.165) is 12.0 Å². The molecule has 20 heavy (non-hydrogen) atoms. The first-order valence-corrected chi connectivity index (χ1v) is 7.24. The predicted octanol–water partition coefficient (Wildman–Crippen LogP) is 2.32. The van der Waals surface area contributed by atoms with Gasteiger partial charge in [-0.15, -0.1) is 0 Å². The van der Waals surface area contributed by atoms with Gasteiger partial charge in [-0.3, -0.25) is 0 Å². The molecule has 4 nitrogen and oxygen atoms in total. The predicted molar refractivity (Wildman–Crippen MR) is 81.5 cm³/mol. The van der Waals surface area contributed by atoms with Gasteiger partial charge in [-0.25, -0.2) is 0 Å². The van der Waals surface area contributed by atoms with Gasteiger partial charge in [0.2, 0.25) is 0 Å². The highest BCUT2D eigenvalue weighted by atomic mass is 16.7. The molecular weight excluding hydrogens is 255 g/mol. The normalized spacial score (nSPS) is 23.6. The van der Waals surface area contributed by atoms with Crippen LogP contribution in [0.3, 0.4) is 0 Å². The molecule has 0 saturated carbocycles. The van der Waals surface area contributed by atoms with Crippen LogP contribution in [0.1, 0.15) is 41.0 Å². The fraction of sp³-hybridized carbons (Fsp3) is 0.733. The molecule has 0 aromatic rings. The van der Waals surface area contributed by atoms with Crippen molar-refractivity contribution in [2.75, 3.05) is 6.61 Å². The van der Waals surface area contributed by atoms with E-state index in [9.17, 15) is 5.11 Å². The molecule has 1 heterocycles. The van der Waals surface area contributed by atoms with Crippen molar-refractivity contribution in [3.63, 3.8) is 0 Å². The average molecular weight is 282 g/mol. The molecule has 1 atom stereocenters. The Kier molecular flexibility index (Phi) is 6.01. The Hall–Kier alpha value is -0.615. The van der Waals surface area contributed by atoms with E-state index in [2.05, 4.69) is 0 Å². The molecule has 1 aliphatic heterocycles. The molecule has 0 bridgehead atoms. The number of aliphatic hydroxyl groups is 2. The second-order valence-corrected chi connectivity index (χ2v) is 6.13. The van der Waals surface area contributed by atoms with Gasteiger partial charge in [-0.2, -0.15) is 0 Å². The van der Waals surface area contributed by atoms with Gasteiger partial charge in [-0.1, -0.05) is 25.2 Å². The number of aliphatic hydroxyl groups excluding tert-OH is 2. The van der Waals surface area contributed by atoms with Crippen molar-refractivity contribution < 1.29 is 19.5 Å². The molecule has 1 aliphatic rings. The van der Waals surface area contributed by atoms with Crippen LogP contribution in [0.15, 0.2) is 23.8 Å². The quantitative estimate of drug-likeness (QED) is 0.580. The van der Waals surface area contributed by atoms with Crippen molar-refractivity contribution in [2.24, 2.45) is 0 Å². The Morgan fingerprint density at radius 3 is 2.20 bits per heavy atom. The highest BCUT2D eigenvalue weighted by Crippen LogP contribution is 2.37. The molecule has 0 aliphatic carbocycles. The summed E-state index contributed by atoms with van der Waals surface area (Å²) in [5.41, 5.74) is 0.0858. The van der Waals surface area contributed by atoms with Crippen LogP contribution in [-0.2, 0) is 9.31 Å². The second kappa shape index (κ2) is 6.90. The zero-order valence-electron chi connectivity index (χ0n) is 13.2. The van der Waals surface area contributed by atoms with Crippen molar-refractivity contribution in [2.45, 2.75) is 64.7 Å². The minimum atomic E-state index is -0.829. The van der Waals surface area contributed by atoms with Crippen LogP contribution in [0.5, 0.6) is 0 Å². The van der Waals surface area contributed by atoms with Crippen molar-refractivity contribution in [3.8, 4) is 0 Å². The summed E-state index contributed by atoms with van der Waals surface area (Å²) in [5, 5.41) is 18.7. The van der Waals surface area contributed by atoms with Gasteiger partial charge in [-0.05, 0) is 39.7 Å². The van der Waals surface area contributed by atoms with E-state index >= 15 is 0 Å². The molecule has 1 saturated heterocycles. The van der Waals surface area contributed by atoms with Gasteiger partial charge in [0.15, 0.2) is 0 Å². The highest BCUT2D eigenvalue weighted by molar-refractivity contribution is 6.46.